The van der Waals surface area contributed by atoms with E-state index in [4.69, 9.17) is 19.5 Å². The molecule has 1 aliphatic rings. The molecular formula is C26H29NO4. The molecule has 0 unspecified atom stereocenters. The van der Waals surface area contributed by atoms with Crippen LogP contribution in [-0.2, 0) is 9.53 Å². The number of ether oxygens (including phenoxy) is 3. The molecule has 0 heterocycles. The lowest BCUT2D eigenvalue weighted by Crippen LogP contribution is -2.09. The minimum absolute atomic E-state index is 0.0426. The van der Waals surface area contributed by atoms with Gasteiger partial charge in [-0.3, -0.25) is 0 Å². The fraction of sp³-hybridized carbons (Fsp3) is 0.385. The zero-order valence-electron chi connectivity index (χ0n) is 18.0. The van der Waals surface area contributed by atoms with Gasteiger partial charge < -0.3 is 14.2 Å². The van der Waals surface area contributed by atoms with E-state index in [1.807, 2.05) is 30.3 Å². The number of benzene rings is 2. The standard InChI is InChI=1S/C26H29NO4/c1-2-29-26(28)23(19-27)17-20-7-6-10-25(18-20)31-16-15-30-24-13-11-22(12-14-24)21-8-4-3-5-9-21/h6-7,10-14,17-18,21H,2-5,8-9,15-16H2,1H3/b23-17+. The number of hydrogen-bond donors (Lipinski definition) is 0. The molecule has 0 aromatic heterocycles. The van der Waals surface area contributed by atoms with Crippen molar-refractivity contribution in [1.29, 1.82) is 5.26 Å². The average Bonchev–Trinajstić information content (AvgIpc) is 2.81. The molecule has 0 amide bonds. The maximum absolute atomic E-state index is 11.8. The molecule has 0 N–H and O–H groups in total. The highest BCUT2D eigenvalue weighted by atomic mass is 16.5. The first kappa shape index (κ1) is 22.4. The Hall–Kier alpha value is -3.26. The van der Waals surface area contributed by atoms with E-state index in [1.54, 1.807) is 19.1 Å². The van der Waals surface area contributed by atoms with E-state index in [2.05, 4.69) is 12.1 Å². The summed E-state index contributed by atoms with van der Waals surface area (Å²) in [6, 6.07) is 17.5. The second-order valence-corrected chi connectivity index (χ2v) is 7.56. The Kier molecular flexibility index (Phi) is 8.54. The summed E-state index contributed by atoms with van der Waals surface area (Å²) < 4.78 is 16.4. The van der Waals surface area contributed by atoms with Gasteiger partial charge in [-0.25, -0.2) is 4.79 Å². The first-order valence-electron chi connectivity index (χ1n) is 10.9. The predicted octanol–water partition coefficient (Wildman–Crippen LogP) is 5.66. The van der Waals surface area contributed by atoms with Crippen LogP contribution >= 0.6 is 0 Å². The van der Waals surface area contributed by atoms with E-state index in [1.165, 1.54) is 43.7 Å². The number of carbonyl (C=O) groups is 1. The van der Waals surface area contributed by atoms with Crippen molar-refractivity contribution in [3.8, 4) is 17.6 Å². The van der Waals surface area contributed by atoms with Crippen molar-refractivity contribution >= 4 is 12.0 Å². The van der Waals surface area contributed by atoms with Crippen LogP contribution in [0.3, 0.4) is 0 Å². The van der Waals surface area contributed by atoms with Crippen LogP contribution in [0, 0.1) is 11.3 Å². The Morgan fingerprint density at radius 1 is 1.03 bits per heavy atom. The maximum atomic E-state index is 11.8. The van der Waals surface area contributed by atoms with E-state index >= 15 is 0 Å². The van der Waals surface area contributed by atoms with Gasteiger partial charge in [-0.05, 0) is 67.2 Å². The molecule has 0 radical (unpaired) electrons. The van der Waals surface area contributed by atoms with Crippen LogP contribution in [0.15, 0.2) is 54.1 Å². The summed E-state index contributed by atoms with van der Waals surface area (Å²) in [5, 5.41) is 9.16. The molecule has 0 atom stereocenters. The molecule has 162 valence electrons. The van der Waals surface area contributed by atoms with Gasteiger partial charge in [0, 0.05) is 0 Å². The average molecular weight is 420 g/mol. The zero-order valence-corrected chi connectivity index (χ0v) is 18.0. The van der Waals surface area contributed by atoms with E-state index in [9.17, 15) is 4.79 Å². The van der Waals surface area contributed by atoms with Gasteiger partial charge in [-0.1, -0.05) is 43.5 Å². The molecule has 0 bridgehead atoms. The van der Waals surface area contributed by atoms with Crippen molar-refractivity contribution < 1.29 is 19.0 Å². The normalized spacial score (nSPS) is 14.5. The van der Waals surface area contributed by atoms with Gasteiger partial charge in [0.1, 0.15) is 36.4 Å². The van der Waals surface area contributed by atoms with E-state index in [0.29, 0.717) is 30.4 Å². The van der Waals surface area contributed by atoms with Crippen LogP contribution in [-0.4, -0.2) is 25.8 Å². The lowest BCUT2D eigenvalue weighted by molar-refractivity contribution is -0.137. The van der Waals surface area contributed by atoms with Gasteiger partial charge in [0.05, 0.1) is 6.61 Å². The molecule has 2 aromatic rings. The molecule has 5 nitrogen and oxygen atoms in total. The van der Waals surface area contributed by atoms with E-state index < -0.39 is 5.97 Å². The molecule has 1 aliphatic carbocycles. The van der Waals surface area contributed by atoms with Crippen molar-refractivity contribution in [3.05, 3.63) is 65.2 Å². The monoisotopic (exact) mass is 419 g/mol. The van der Waals surface area contributed by atoms with E-state index in [-0.39, 0.29) is 12.2 Å². The molecule has 0 spiro atoms. The van der Waals surface area contributed by atoms with Crippen molar-refractivity contribution in [2.24, 2.45) is 0 Å². The van der Waals surface area contributed by atoms with Gasteiger partial charge in [0.15, 0.2) is 0 Å². The first-order chi connectivity index (χ1) is 15.2. The lowest BCUT2D eigenvalue weighted by Gasteiger charge is -2.22. The SMILES string of the molecule is CCOC(=O)/C(C#N)=C/c1cccc(OCCOc2ccc(C3CCCCC3)cc2)c1. The Bertz CT molecular complexity index is 921. The summed E-state index contributed by atoms with van der Waals surface area (Å²) >= 11 is 0. The summed E-state index contributed by atoms with van der Waals surface area (Å²) in [6.45, 7) is 2.74. The van der Waals surface area contributed by atoms with Gasteiger partial charge in [0.2, 0.25) is 0 Å². The van der Waals surface area contributed by atoms with Crippen molar-refractivity contribution in [1.82, 2.24) is 0 Å². The maximum Gasteiger partial charge on any atom is 0.348 e. The third kappa shape index (κ3) is 6.89. The third-order valence-corrected chi connectivity index (χ3v) is 5.36. The van der Waals surface area contributed by atoms with E-state index in [0.717, 1.165) is 5.75 Å². The van der Waals surface area contributed by atoms with Gasteiger partial charge >= 0.3 is 5.97 Å². The molecule has 2 aromatic carbocycles. The largest absolute Gasteiger partial charge is 0.490 e. The van der Waals surface area contributed by atoms with Crippen molar-refractivity contribution in [2.75, 3.05) is 19.8 Å². The van der Waals surface area contributed by atoms with Crippen LogP contribution in [0.5, 0.6) is 11.5 Å². The minimum Gasteiger partial charge on any atom is -0.490 e. The number of esters is 1. The van der Waals surface area contributed by atoms with Gasteiger partial charge in [-0.2, -0.15) is 5.26 Å². The highest BCUT2D eigenvalue weighted by Gasteiger charge is 2.15. The molecule has 1 fully saturated rings. The zero-order chi connectivity index (χ0) is 21.9. The van der Waals surface area contributed by atoms with Gasteiger partial charge in [-0.15, -0.1) is 0 Å². The Labute approximate surface area is 184 Å². The summed E-state index contributed by atoms with van der Waals surface area (Å²) in [5.41, 5.74) is 2.06. The molecule has 1 saturated carbocycles. The molecule has 0 saturated heterocycles. The molecule has 5 heteroatoms. The fourth-order valence-corrected chi connectivity index (χ4v) is 3.80. The fourth-order valence-electron chi connectivity index (χ4n) is 3.80. The predicted molar refractivity (Wildman–Crippen MR) is 120 cm³/mol. The van der Waals surface area contributed by atoms with Crippen LogP contribution in [0.4, 0.5) is 0 Å². The topological polar surface area (TPSA) is 68.6 Å². The molecule has 0 aliphatic heterocycles. The highest BCUT2D eigenvalue weighted by molar-refractivity contribution is 5.97. The van der Waals surface area contributed by atoms with Crippen LogP contribution < -0.4 is 9.47 Å². The quantitative estimate of drug-likeness (QED) is 0.227. The smallest absolute Gasteiger partial charge is 0.348 e. The van der Waals surface area contributed by atoms with Crippen molar-refractivity contribution in [3.63, 3.8) is 0 Å². The Morgan fingerprint density at radius 3 is 2.42 bits per heavy atom. The number of nitriles is 1. The number of nitrogens with zero attached hydrogens (tertiary/aromatic N) is 1. The molecular weight excluding hydrogens is 390 g/mol. The van der Waals surface area contributed by atoms with Crippen LogP contribution in [0.25, 0.3) is 6.08 Å². The molecule has 3 rings (SSSR count). The first-order valence-corrected chi connectivity index (χ1v) is 10.9. The van der Waals surface area contributed by atoms with Crippen LogP contribution in [0.2, 0.25) is 0 Å². The Balaban J connectivity index is 1.48. The summed E-state index contributed by atoms with van der Waals surface area (Å²) in [5.74, 6) is 1.55. The summed E-state index contributed by atoms with van der Waals surface area (Å²) in [7, 11) is 0. The van der Waals surface area contributed by atoms with Gasteiger partial charge in [0.25, 0.3) is 0 Å². The molecule has 31 heavy (non-hydrogen) atoms. The second kappa shape index (κ2) is 11.8. The third-order valence-electron chi connectivity index (χ3n) is 5.36. The summed E-state index contributed by atoms with van der Waals surface area (Å²) in [6.07, 6.45) is 8.10. The second-order valence-electron chi connectivity index (χ2n) is 7.56. The lowest BCUT2D eigenvalue weighted by atomic mass is 9.84. The summed E-state index contributed by atoms with van der Waals surface area (Å²) in [4.78, 5) is 11.8. The number of carbonyl (C=O) groups excluding carboxylic acids is 1. The van der Waals surface area contributed by atoms with Crippen LogP contribution in [0.1, 0.15) is 56.1 Å². The number of hydrogen-bond acceptors (Lipinski definition) is 5. The minimum atomic E-state index is -0.626. The highest BCUT2D eigenvalue weighted by Crippen LogP contribution is 2.33. The Morgan fingerprint density at radius 2 is 1.74 bits per heavy atom. The van der Waals surface area contributed by atoms with Crippen molar-refractivity contribution in [2.45, 2.75) is 44.9 Å². The number of rotatable bonds is 9.